The molecule has 0 saturated heterocycles. The number of nitrogens with zero attached hydrogens (tertiary/aromatic N) is 2. The molecule has 1 unspecified atom stereocenters. The minimum absolute atomic E-state index is 0.103. The number of aryl methyl sites for hydroxylation is 1. The molecule has 0 aromatic carbocycles. The van der Waals surface area contributed by atoms with Crippen molar-refractivity contribution in [1.82, 2.24) is 9.78 Å². The molecule has 1 atom stereocenters. The summed E-state index contributed by atoms with van der Waals surface area (Å²) in [5.74, 6) is 0. The van der Waals surface area contributed by atoms with Gasteiger partial charge in [-0.1, -0.05) is 6.92 Å². The number of ether oxygens (including phenoxy) is 1. The number of nitrogens with two attached hydrogens (primary N) is 1. The zero-order valence-corrected chi connectivity index (χ0v) is 10.7. The first kappa shape index (κ1) is 13.2. The van der Waals surface area contributed by atoms with Gasteiger partial charge in [0.2, 0.25) is 0 Å². The van der Waals surface area contributed by atoms with Gasteiger partial charge in [0, 0.05) is 12.7 Å². The molecule has 1 rings (SSSR count). The first-order valence-corrected chi connectivity index (χ1v) is 5.85. The minimum Gasteiger partial charge on any atom is -0.374 e. The van der Waals surface area contributed by atoms with E-state index in [1.165, 1.54) is 0 Å². The molecule has 2 N–H and O–H groups in total. The molecule has 1 aromatic heterocycles. The monoisotopic (exact) mass is 225 g/mol. The SMILES string of the molecule is CCCn1nccc1C(N)COC(C)(C)C. The van der Waals surface area contributed by atoms with E-state index in [0.29, 0.717) is 6.61 Å². The Morgan fingerprint density at radius 2 is 2.19 bits per heavy atom. The van der Waals surface area contributed by atoms with Crippen molar-refractivity contribution in [2.24, 2.45) is 5.73 Å². The molecule has 0 radical (unpaired) electrons. The molecule has 0 bridgehead atoms. The van der Waals surface area contributed by atoms with Crippen molar-refractivity contribution < 1.29 is 4.74 Å². The normalized spacial score (nSPS) is 14.1. The van der Waals surface area contributed by atoms with Gasteiger partial charge in [0.05, 0.1) is 23.9 Å². The van der Waals surface area contributed by atoms with Gasteiger partial charge < -0.3 is 10.5 Å². The molecular weight excluding hydrogens is 202 g/mol. The molecular formula is C12H23N3O. The largest absolute Gasteiger partial charge is 0.374 e. The lowest BCUT2D eigenvalue weighted by Gasteiger charge is -2.22. The van der Waals surface area contributed by atoms with Gasteiger partial charge in [-0.2, -0.15) is 5.10 Å². The number of hydrogen-bond donors (Lipinski definition) is 1. The van der Waals surface area contributed by atoms with E-state index in [0.717, 1.165) is 18.7 Å². The quantitative estimate of drug-likeness (QED) is 0.835. The van der Waals surface area contributed by atoms with Gasteiger partial charge in [0.25, 0.3) is 0 Å². The van der Waals surface area contributed by atoms with E-state index in [4.69, 9.17) is 10.5 Å². The predicted octanol–water partition coefficient (Wildman–Crippen LogP) is 2.11. The van der Waals surface area contributed by atoms with Gasteiger partial charge in [-0.25, -0.2) is 0 Å². The number of rotatable bonds is 5. The zero-order chi connectivity index (χ0) is 12.2. The molecule has 0 spiro atoms. The molecule has 0 amide bonds. The van der Waals surface area contributed by atoms with Gasteiger partial charge >= 0.3 is 0 Å². The second kappa shape index (κ2) is 5.46. The third kappa shape index (κ3) is 3.94. The summed E-state index contributed by atoms with van der Waals surface area (Å²) in [6, 6.07) is 1.86. The highest BCUT2D eigenvalue weighted by atomic mass is 16.5. The van der Waals surface area contributed by atoms with Crippen LogP contribution in [0.4, 0.5) is 0 Å². The first-order chi connectivity index (χ1) is 7.44. The lowest BCUT2D eigenvalue weighted by Crippen LogP contribution is -2.27. The lowest BCUT2D eigenvalue weighted by molar-refractivity contribution is -0.0111. The first-order valence-electron chi connectivity index (χ1n) is 5.85. The minimum atomic E-state index is -0.146. The summed E-state index contributed by atoms with van der Waals surface area (Å²) in [7, 11) is 0. The van der Waals surface area contributed by atoms with Crippen LogP contribution in [0.5, 0.6) is 0 Å². The topological polar surface area (TPSA) is 53.1 Å². The third-order valence-corrected chi connectivity index (χ3v) is 2.26. The van der Waals surface area contributed by atoms with Crippen LogP contribution in [0.1, 0.15) is 45.9 Å². The summed E-state index contributed by atoms with van der Waals surface area (Å²) in [6.45, 7) is 9.66. The maximum atomic E-state index is 6.09. The van der Waals surface area contributed by atoms with Crippen molar-refractivity contribution in [3.05, 3.63) is 18.0 Å². The summed E-state index contributed by atoms with van der Waals surface area (Å²) < 4.78 is 7.64. The van der Waals surface area contributed by atoms with Crippen LogP contribution < -0.4 is 5.73 Å². The summed E-state index contributed by atoms with van der Waals surface area (Å²) in [5, 5.41) is 4.25. The van der Waals surface area contributed by atoms with Crippen molar-refractivity contribution in [3.8, 4) is 0 Å². The van der Waals surface area contributed by atoms with Gasteiger partial charge in [-0.05, 0) is 33.3 Å². The second-order valence-corrected chi connectivity index (χ2v) is 5.01. The van der Waals surface area contributed by atoms with Crippen LogP contribution in [-0.2, 0) is 11.3 Å². The Morgan fingerprint density at radius 1 is 1.50 bits per heavy atom. The van der Waals surface area contributed by atoms with Crippen LogP contribution in [-0.4, -0.2) is 22.0 Å². The van der Waals surface area contributed by atoms with E-state index in [9.17, 15) is 0 Å². The van der Waals surface area contributed by atoms with E-state index >= 15 is 0 Å². The number of hydrogen-bond acceptors (Lipinski definition) is 3. The Kier molecular flexibility index (Phi) is 4.50. The molecule has 16 heavy (non-hydrogen) atoms. The van der Waals surface area contributed by atoms with E-state index in [-0.39, 0.29) is 11.6 Å². The maximum absolute atomic E-state index is 6.09. The van der Waals surface area contributed by atoms with E-state index in [2.05, 4.69) is 12.0 Å². The van der Waals surface area contributed by atoms with Crippen molar-refractivity contribution in [2.75, 3.05) is 6.61 Å². The van der Waals surface area contributed by atoms with Gasteiger partial charge in [0.15, 0.2) is 0 Å². The standard InChI is InChI=1S/C12H23N3O/c1-5-8-15-11(6-7-14-15)10(13)9-16-12(2,3)4/h6-7,10H,5,8-9,13H2,1-4H3. The van der Waals surface area contributed by atoms with Crippen LogP contribution >= 0.6 is 0 Å². The average molecular weight is 225 g/mol. The fourth-order valence-corrected chi connectivity index (χ4v) is 1.48. The summed E-state index contributed by atoms with van der Waals surface area (Å²) in [6.07, 6.45) is 2.85. The molecule has 0 aliphatic rings. The smallest absolute Gasteiger partial charge is 0.0704 e. The van der Waals surface area contributed by atoms with Crippen molar-refractivity contribution in [1.29, 1.82) is 0 Å². The molecule has 92 valence electrons. The van der Waals surface area contributed by atoms with Crippen LogP contribution in [0.3, 0.4) is 0 Å². The molecule has 0 fully saturated rings. The Balaban J connectivity index is 2.58. The zero-order valence-electron chi connectivity index (χ0n) is 10.7. The average Bonchev–Trinajstić information content (AvgIpc) is 2.62. The molecule has 0 saturated carbocycles. The Bertz CT molecular complexity index is 314. The maximum Gasteiger partial charge on any atom is 0.0704 e. The number of aromatic nitrogens is 2. The van der Waals surface area contributed by atoms with Gasteiger partial charge in [0.1, 0.15) is 0 Å². The van der Waals surface area contributed by atoms with Gasteiger partial charge in [-0.3, -0.25) is 4.68 Å². The van der Waals surface area contributed by atoms with Crippen LogP contribution in [0.2, 0.25) is 0 Å². The van der Waals surface area contributed by atoms with Crippen molar-refractivity contribution in [2.45, 2.75) is 52.3 Å². The molecule has 4 heteroatoms. The van der Waals surface area contributed by atoms with Crippen molar-refractivity contribution >= 4 is 0 Å². The molecule has 0 aliphatic carbocycles. The predicted molar refractivity (Wildman–Crippen MR) is 65.2 cm³/mol. The van der Waals surface area contributed by atoms with Crippen LogP contribution in [0.25, 0.3) is 0 Å². The Hall–Kier alpha value is -0.870. The van der Waals surface area contributed by atoms with Crippen LogP contribution in [0, 0.1) is 0 Å². The van der Waals surface area contributed by atoms with Crippen molar-refractivity contribution in [3.63, 3.8) is 0 Å². The van der Waals surface area contributed by atoms with E-state index in [1.807, 2.05) is 31.5 Å². The summed E-state index contributed by atoms with van der Waals surface area (Å²) >= 11 is 0. The Morgan fingerprint density at radius 3 is 2.75 bits per heavy atom. The third-order valence-electron chi connectivity index (χ3n) is 2.26. The fraction of sp³-hybridized carbons (Fsp3) is 0.750. The second-order valence-electron chi connectivity index (χ2n) is 5.01. The fourth-order valence-electron chi connectivity index (χ4n) is 1.48. The molecule has 4 nitrogen and oxygen atoms in total. The highest BCUT2D eigenvalue weighted by Gasteiger charge is 2.16. The van der Waals surface area contributed by atoms with E-state index < -0.39 is 0 Å². The molecule has 1 aromatic rings. The lowest BCUT2D eigenvalue weighted by atomic mass is 10.2. The molecule has 0 aliphatic heterocycles. The Labute approximate surface area is 97.8 Å². The molecule has 1 heterocycles. The summed E-state index contributed by atoms with van der Waals surface area (Å²) in [5.41, 5.74) is 6.99. The highest BCUT2D eigenvalue weighted by molar-refractivity contribution is 5.06. The highest BCUT2D eigenvalue weighted by Crippen LogP contribution is 2.14. The van der Waals surface area contributed by atoms with Gasteiger partial charge in [-0.15, -0.1) is 0 Å². The van der Waals surface area contributed by atoms with E-state index in [1.54, 1.807) is 6.20 Å². The summed E-state index contributed by atoms with van der Waals surface area (Å²) in [4.78, 5) is 0. The van der Waals surface area contributed by atoms with Crippen LogP contribution in [0.15, 0.2) is 12.3 Å².